The number of ketones is 1. The molecule has 4 N–H and O–H groups in total. The van der Waals surface area contributed by atoms with Crippen LogP contribution in [0.2, 0.25) is 0 Å². The summed E-state index contributed by atoms with van der Waals surface area (Å²) in [6.45, 7) is 1.23. The smallest absolute Gasteiger partial charge is 0.417 e. The number of nitrogens with one attached hydrogen (secondary N) is 1. The lowest BCUT2D eigenvalue weighted by molar-refractivity contribution is -0.119. The Morgan fingerprint density at radius 3 is 3.00 bits per heavy atom. The van der Waals surface area contributed by atoms with Gasteiger partial charge in [0.05, 0.1) is 12.5 Å². The second kappa shape index (κ2) is 8.10. The minimum absolute atomic E-state index is 0.0585. The van der Waals surface area contributed by atoms with E-state index in [-0.39, 0.29) is 12.3 Å². The molecule has 0 spiro atoms. The summed E-state index contributed by atoms with van der Waals surface area (Å²) in [6.07, 6.45) is 3.86. The number of hydrogen-bond donors (Lipinski definition) is 3. The molecular formula is C21H22BN3O3. The van der Waals surface area contributed by atoms with Gasteiger partial charge in [0.15, 0.2) is 0 Å². The molecule has 1 aliphatic rings. The predicted molar refractivity (Wildman–Crippen MR) is 110 cm³/mol. The molecule has 0 aliphatic carbocycles. The number of carbonyl (C=O) groups excluding carboxylic acids is 1. The molecule has 0 radical (unpaired) electrons. The molecule has 1 atom stereocenters. The van der Waals surface area contributed by atoms with Crippen LogP contribution >= 0.6 is 0 Å². The fraction of sp³-hybridized carbons (Fsp3) is 0.238. The van der Waals surface area contributed by atoms with Gasteiger partial charge in [-0.2, -0.15) is 0 Å². The van der Waals surface area contributed by atoms with E-state index in [1.807, 2.05) is 42.6 Å². The van der Waals surface area contributed by atoms with Gasteiger partial charge in [-0.15, -0.1) is 0 Å². The number of carbonyl (C=O) groups is 1. The van der Waals surface area contributed by atoms with E-state index >= 15 is 0 Å². The normalized spacial score (nSPS) is 14.9. The standard InChI is InChI=1S/C21H22BN3O3/c23-12-18(16-3-4-19-21(11-16)28-8-7-25-22(19)27)20(26)10-14-1-2-17-13-24-6-5-15(17)9-14/h1-6,9,11,13,18,25,27H,7-8,10,12,23H2. The van der Waals surface area contributed by atoms with E-state index in [0.717, 1.165) is 21.9 Å². The van der Waals surface area contributed by atoms with Crippen molar-refractivity contribution < 1.29 is 14.6 Å². The van der Waals surface area contributed by atoms with E-state index in [4.69, 9.17) is 10.5 Å². The Morgan fingerprint density at radius 2 is 2.14 bits per heavy atom. The van der Waals surface area contributed by atoms with Crippen LogP contribution in [0.4, 0.5) is 0 Å². The summed E-state index contributed by atoms with van der Waals surface area (Å²) < 4.78 is 5.72. The van der Waals surface area contributed by atoms with Crippen LogP contribution in [0, 0.1) is 0 Å². The summed E-state index contributed by atoms with van der Waals surface area (Å²) in [5.74, 6) is 0.234. The summed E-state index contributed by atoms with van der Waals surface area (Å²) in [5, 5.41) is 15.2. The molecule has 1 unspecified atom stereocenters. The summed E-state index contributed by atoms with van der Waals surface area (Å²) in [7, 11) is -0.773. The molecule has 2 aromatic carbocycles. The quantitative estimate of drug-likeness (QED) is 0.570. The van der Waals surface area contributed by atoms with Crippen molar-refractivity contribution >= 4 is 29.1 Å². The van der Waals surface area contributed by atoms with Gasteiger partial charge in [0.25, 0.3) is 0 Å². The number of ether oxygens (including phenoxy) is 1. The summed E-state index contributed by atoms with van der Waals surface area (Å²) in [5.41, 5.74) is 8.39. The first kappa shape index (κ1) is 18.6. The molecule has 0 fully saturated rings. The number of aromatic nitrogens is 1. The second-order valence-corrected chi connectivity index (χ2v) is 6.99. The molecule has 28 heavy (non-hydrogen) atoms. The topological polar surface area (TPSA) is 97.5 Å². The van der Waals surface area contributed by atoms with Crippen molar-refractivity contribution in [2.45, 2.75) is 12.3 Å². The molecule has 142 valence electrons. The fourth-order valence-corrected chi connectivity index (χ4v) is 3.61. The summed E-state index contributed by atoms with van der Waals surface area (Å²) in [6, 6.07) is 13.4. The van der Waals surface area contributed by atoms with Crippen LogP contribution in [0.5, 0.6) is 5.75 Å². The average Bonchev–Trinajstić information content (AvgIpc) is 2.89. The molecule has 0 saturated carbocycles. The number of pyridine rings is 1. The second-order valence-electron chi connectivity index (χ2n) is 6.99. The zero-order valence-electron chi connectivity index (χ0n) is 15.5. The molecule has 3 aromatic rings. The lowest BCUT2D eigenvalue weighted by atomic mass is 9.73. The Bertz CT molecular complexity index is 1010. The highest BCUT2D eigenvalue weighted by atomic mass is 16.5. The SMILES string of the molecule is NCC(C(=O)Cc1ccc2cnccc2c1)c1ccc2c(c1)OCCNB2O. The minimum atomic E-state index is -0.773. The molecule has 1 aromatic heterocycles. The Kier molecular flexibility index (Phi) is 5.39. The highest BCUT2D eigenvalue weighted by molar-refractivity contribution is 6.64. The van der Waals surface area contributed by atoms with E-state index in [2.05, 4.69) is 10.2 Å². The number of benzene rings is 2. The molecule has 2 heterocycles. The van der Waals surface area contributed by atoms with E-state index in [1.54, 1.807) is 12.3 Å². The molecule has 0 bridgehead atoms. The monoisotopic (exact) mass is 375 g/mol. The maximum absolute atomic E-state index is 13.0. The van der Waals surface area contributed by atoms with E-state index in [1.165, 1.54) is 0 Å². The fourth-order valence-electron chi connectivity index (χ4n) is 3.61. The Morgan fingerprint density at radius 1 is 1.25 bits per heavy atom. The van der Waals surface area contributed by atoms with Gasteiger partial charge in [-0.25, -0.2) is 0 Å². The summed E-state index contributed by atoms with van der Waals surface area (Å²) in [4.78, 5) is 17.1. The minimum Gasteiger partial charge on any atom is -0.493 e. The lowest BCUT2D eigenvalue weighted by Crippen LogP contribution is -2.44. The zero-order valence-corrected chi connectivity index (χ0v) is 15.5. The van der Waals surface area contributed by atoms with Gasteiger partial charge in [0.2, 0.25) is 0 Å². The number of rotatable bonds is 5. The van der Waals surface area contributed by atoms with E-state index in [9.17, 15) is 9.82 Å². The molecule has 0 saturated heterocycles. The lowest BCUT2D eigenvalue weighted by Gasteiger charge is -2.17. The van der Waals surface area contributed by atoms with Gasteiger partial charge in [0, 0.05) is 42.8 Å². The van der Waals surface area contributed by atoms with Crippen molar-refractivity contribution in [2.75, 3.05) is 19.7 Å². The first-order chi connectivity index (χ1) is 13.7. The van der Waals surface area contributed by atoms with Crippen molar-refractivity contribution in [3.8, 4) is 5.75 Å². The molecule has 1 aliphatic heterocycles. The highest BCUT2D eigenvalue weighted by Gasteiger charge is 2.25. The van der Waals surface area contributed by atoms with E-state index in [0.29, 0.717) is 30.8 Å². The molecule has 6 nitrogen and oxygen atoms in total. The van der Waals surface area contributed by atoms with Gasteiger partial charge >= 0.3 is 7.05 Å². The van der Waals surface area contributed by atoms with E-state index < -0.39 is 13.0 Å². The maximum atomic E-state index is 13.0. The van der Waals surface area contributed by atoms with Gasteiger partial charge in [-0.3, -0.25) is 9.78 Å². The molecular weight excluding hydrogens is 353 g/mol. The van der Waals surface area contributed by atoms with Crippen molar-refractivity contribution in [1.29, 1.82) is 0 Å². The molecule has 0 amide bonds. The van der Waals surface area contributed by atoms with Crippen LogP contribution in [0.1, 0.15) is 17.0 Å². The van der Waals surface area contributed by atoms with Crippen LogP contribution in [-0.4, -0.2) is 42.5 Å². The largest absolute Gasteiger partial charge is 0.493 e. The highest BCUT2D eigenvalue weighted by Crippen LogP contribution is 2.23. The Hall–Kier alpha value is -2.74. The maximum Gasteiger partial charge on any atom is 0.417 e. The molecule has 7 heteroatoms. The van der Waals surface area contributed by atoms with Crippen molar-refractivity contribution in [3.63, 3.8) is 0 Å². The average molecular weight is 375 g/mol. The Balaban J connectivity index is 1.57. The van der Waals surface area contributed by atoms with Crippen LogP contribution < -0.4 is 21.2 Å². The predicted octanol–water partition coefficient (Wildman–Crippen LogP) is 0.758. The Labute approximate surface area is 163 Å². The van der Waals surface area contributed by atoms with Gasteiger partial charge in [-0.05, 0) is 28.6 Å². The van der Waals surface area contributed by atoms with Crippen LogP contribution in [0.3, 0.4) is 0 Å². The first-order valence-electron chi connectivity index (χ1n) is 9.39. The summed E-state index contributed by atoms with van der Waals surface area (Å²) >= 11 is 0. The number of Topliss-reactive ketones (excluding diaryl/α,β-unsaturated/α-hetero) is 1. The first-order valence-corrected chi connectivity index (χ1v) is 9.39. The van der Waals surface area contributed by atoms with Crippen molar-refractivity contribution in [2.24, 2.45) is 5.73 Å². The van der Waals surface area contributed by atoms with Crippen LogP contribution in [0.25, 0.3) is 10.8 Å². The molecule has 4 rings (SSSR count). The zero-order chi connectivity index (χ0) is 19.5. The third-order valence-corrected chi connectivity index (χ3v) is 5.14. The van der Waals surface area contributed by atoms with Gasteiger partial charge in [-0.1, -0.05) is 30.3 Å². The number of fused-ring (bicyclic) bond motifs is 2. The third-order valence-electron chi connectivity index (χ3n) is 5.14. The third kappa shape index (κ3) is 3.78. The van der Waals surface area contributed by atoms with Crippen LogP contribution in [-0.2, 0) is 11.2 Å². The number of nitrogens with two attached hydrogens (primary N) is 1. The van der Waals surface area contributed by atoms with Gasteiger partial charge < -0.3 is 20.7 Å². The number of hydrogen-bond acceptors (Lipinski definition) is 6. The van der Waals surface area contributed by atoms with Crippen molar-refractivity contribution in [1.82, 2.24) is 10.2 Å². The van der Waals surface area contributed by atoms with Crippen LogP contribution in [0.15, 0.2) is 54.9 Å². The van der Waals surface area contributed by atoms with Crippen molar-refractivity contribution in [3.05, 3.63) is 66.0 Å². The number of nitrogens with zero attached hydrogens (tertiary/aromatic N) is 1. The van der Waals surface area contributed by atoms with Gasteiger partial charge in [0.1, 0.15) is 11.5 Å².